The molecular formula is C26H25Cl4N3O2. The number of carbonyl (C=O) groups is 1. The van der Waals surface area contributed by atoms with Crippen molar-refractivity contribution in [2.75, 3.05) is 45.2 Å². The Hall–Kier alpha value is -1.99. The number of hydrogen-bond donors (Lipinski definition) is 1. The summed E-state index contributed by atoms with van der Waals surface area (Å²) < 4.78 is 5.97. The first kappa shape index (κ1) is 26.1. The minimum absolute atomic E-state index is 0.142. The van der Waals surface area contributed by atoms with Crippen LogP contribution in [0.5, 0.6) is 5.75 Å². The highest BCUT2D eigenvalue weighted by molar-refractivity contribution is 6.42. The first-order chi connectivity index (χ1) is 16.8. The fraction of sp³-hybridized carbons (Fsp3) is 0.269. The normalized spacial score (nSPS) is 14.7. The third-order valence-electron chi connectivity index (χ3n) is 5.85. The summed E-state index contributed by atoms with van der Waals surface area (Å²) >= 11 is 24.5. The first-order valence-electron chi connectivity index (χ1n) is 11.2. The van der Waals surface area contributed by atoms with Crippen LogP contribution in [-0.4, -0.2) is 55.5 Å². The van der Waals surface area contributed by atoms with Crippen LogP contribution in [-0.2, 0) is 11.3 Å². The number of nitrogens with zero attached hydrogens (tertiary/aromatic N) is 2. The van der Waals surface area contributed by atoms with Crippen LogP contribution >= 0.6 is 46.4 Å². The maximum absolute atomic E-state index is 12.5. The molecule has 3 aromatic carbocycles. The van der Waals surface area contributed by atoms with Crippen molar-refractivity contribution in [2.24, 2.45) is 0 Å². The van der Waals surface area contributed by atoms with Crippen molar-refractivity contribution in [1.29, 1.82) is 0 Å². The third kappa shape index (κ3) is 7.04. The number of halogens is 4. The lowest BCUT2D eigenvalue weighted by Gasteiger charge is -2.32. The molecule has 0 saturated carbocycles. The molecule has 1 fully saturated rings. The summed E-state index contributed by atoms with van der Waals surface area (Å²) in [4.78, 5) is 17.2. The van der Waals surface area contributed by atoms with E-state index in [1.165, 1.54) is 0 Å². The van der Waals surface area contributed by atoms with Gasteiger partial charge in [0.25, 0.3) is 5.91 Å². The van der Waals surface area contributed by atoms with E-state index >= 15 is 0 Å². The molecule has 1 aliphatic heterocycles. The van der Waals surface area contributed by atoms with Crippen LogP contribution in [0.1, 0.15) is 5.56 Å². The van der Waals surface area contributed by atoms with Crippen molar-refractivity contribution in [3.05, 3.63) is 80.3 Å². The van der Waals surface area contributed by atoms with Crippen molar-refractivity contribution < 1.29 is 9.53 Å². The number of hydrogen-bond acceptors (Lipinski definition) is 4. The van der Waals surface area contributed by atoms with E-state index in [1.54, 1.807) is 24.3 Å². The molecule has 1 heterocycles. The Morgan fingerprint density at radius 1 is 0.886 bits per heavy atom. The molecule has 4 rings (SSSR count). The summed E-state index contributed by atoms with van der Waals surface area (Å²) in [5.74, 6) is 0.362. The van der Waals surface area contributed by atoms with Gasteiger partial charge in [-0.1, -0.05) is 58.5 Å². The minimum Gasteiger partial charge on any atom is -0.483 e. The number of carbonyl (C=O) groups excluding carboxylic acids is 1. The highest BCUT2D eigenvalue weighted by atomic mass is 35.5. The second kappa shape index (κ2) is 11.8. The van der Waals surface area contributed by atoms with Crippen LogP contribution in [0.4, 0.5) is 5.69 Å². The molecule has 184 valence electrons. The molecule has 9 heteroatoms. The lowest BCUT2D eigenvalue weighted by Crippen LogP contribution is -2.43. The van der Waals surface area contributed by atoms with E-state index < -0.39 is 0 Å². The predicted molar refractivity (Wildman–Crippen MR) is 145 cm³/mol. The molecule has 0 radical (unpaired) electrons. The summed E-state index contributed by atoms with van der Waals surface area (Å²) in [6.45, 7) is 4.49. The van der Waals surface area contributed by atoms with E-state index in [0.717, 1.165) is 42.9 Å². The van der Waals surface area contributed by atoms with Gasteiger partial charge in [-0.05, 0) is 55.1 Å². The smallest absolute Gasteiger partial charge is 0.262 e. The maximum atomic E-state index is 12.5. The van der Waals surface area contributed by atoms with Gasteiger partial charge in [-0.3, -0.25) is 9.69 Å². The molecule has 35 heavy (non-hydrogen) atoms. The van der Waals surface area contributed by atoms with Gasteiger partial charge < -0.3 is 15.0 Å². The fourth-order valence-electron chi connectivity index (χ4n) is 3.90. The van der Waals surface area contributed by atoms with Crippen molar-refractivity contribution in [3.63, 3.8) is 0 Å². The molecule has 1 amide bonds. The average Bonchev–Trinajstić information content (AvgIpc) is 2.82. The van der Waals surface area contributed by atoms with Crippen molar-refractivity contribution >= 4 is 58.0 Å². The van der Waals surface area contributed by atoms with Gasteiger partial charge in [0.1, 0.15) is 5.75 Å². The highest BCUT2D eigenvalue weighted by Crippen LogP contribution is 2.34. The standard InChI is InChI=1S/C26H25Cl4N3O2/c1-32-8-10-33(11-9-32)15-18-12-17(21-5-3-19(27)13-23(21)29)2-7-25(18)35-16-26(34)31-20-4-6-22(28)24(30)14-20/h2-7,12-14H,8-11,15-16H2,1H3,(H,31,34). The summed E-state index contributed by atoms with van der Waals surface area (Å²) in [5.41, 5.74) is 3.39. The first-order valence-corrected chi connectivity index (χ1v) is 12.7. The average molecular weight is 553 g/mol. The number of likely N-dealkylation sites (N-methyl/N-ethyl adjacent to an activating group) is 1. The molecule has 1 N–H and O–H groups in total. The number of amides is 1. The Balaban J connectivity index is 1.52. The summed E-state index contributed by atoms with van der Waals surface area (Å²) in [6, 6.07) is 16.3. The van der Waals surface area contributed by atoms with E-state index in [4.69, 9.17) is 51.1 Å². The van der Waals surface area contributed by atoms with Gasteiger partial charge in [-0.25, -0.2) is 0 Å². The van der Waals surface area contributed by atoms with Crippen molar-refractivity contribution in [1.82, 2.24) is 9.80 Å². The Kier molecular flexibility index (Phi) is 8.82. The summed E-state index contributed by atoms with van der Waals surface area (Å²) in [7, 11) is 2.13. The molecule has 0 spiro atoms. The maximum Gasteiger partial charge on any atom is 0.262 e. The molecule has 3 aromatic rings. The summed E-state index contributed by atoms with van der Waals surface area (Å²) in [5, 5.41) is 4.75. The second-order valence-corrected chi connectivity index (χ2v) is 10.1. The van der Waals surface area contributed by atoms with Crippen molar-refractivity contribution in [2.45, 2.75) is 6.54 Å². The number of anilines is 1. The molecule has 0 unspecified atom stereocenters. The van der Waals surface area contributed by atoms with Crippen LogP contribution in [0.2, 0.25) is 20.1 Å². The number of rotatable bonds is 7. The van der Waals surface area contributed by atoms with E-state index in [-0.39, 0.29) is 12.5 Å². The predicted octanol–water partition coefficient (Wildman–Crippen LogP) is 6.73. The van der Waals surface area contributed by atoms with Crippen LogP contribution < -0.4 is 10.1 Å². The number of nitrogens with one attached hydrogen (secondary N) is 1. The zero-order valence-electron chi connectivity index (χ0n) is 19.2. The molecule has 1 saturated heterocycles. The molecule has 0 bridgehead atoms. The van der Waals surface area contributed by atoms with E-state index in [2.05, 4.69) is 28.2 Å². The second-order valence-electron chi connectivity index (χ2n) is 8.49. The Morgan fingerprint density at radius 3 is 2.37 bits per heavy atom. The lowest BCUT2D eigenvalue weighted by molar-refractivity contribution is -0.118. The van der Waals surface area contributed by atoms with E-state index in [1.807, 2.05) is 24.3 Å². The van der Waals surface area contributed by atoms with Gasteiger partial charge >= 0.3 is 0 Å². The molecule has 5 nitrogen and oxygen atoms in total. The SMILES string of the molecule is CN1CCN(Cc2cc(-c3ccc(Cl)cc3Cl)ccc2OCC(=O)Nc2ccc(Cl)c(Cl)c2)CC1. The highest BCUT2D eigenvalue weighted by Gasteiger charge is 2.18. The number of benzene rings is 3. The number of piperazine rings is 1. The number of ether oxygens (including phenoxy) is 1. The monoisotopic (exact) mass is 551 g/mol. The summed E-state index contributed by atoms with van der Waals surface area (Å²) in [6.07, 6.45) is 0. The zero-order valence-corrected chi connectivity index (χ0v) is 22.2. The van der Waals surface area contributed by atoms with Gasteiger partial charge in [-0.15, -0.1) is 0 Å². The minimum atomic E-state index is -0.293. The Bertz CT molecular complexity index is 1210. The molecular weight excluding hydrogens is 528 g/mol. The largest absolute Gasteiger partial charge is 0.483 e. The van der Waals surface area contributed by atoms with Gasteiger partial charge in [-0.2, -0.15) is 0 Å². The fourth-order valence-corrected chi connectivity index (χ4v) is 4.71. The van der Waals surface area contributed by atoms with E-state index in [0.29, 0.717) is 38.1 Å². The van der Waals surface area contributed by atoms with Crippen molar-refractivity contribution in [3.8, 4) is 16.9 Å². The molecule has 0 aromatic heterocycles. The Morgan fingerprint density at radius 2 is 1.66 bits per heavy atom. The van der Waals surface area contributed by atoms with Crippen LogP contribution in [0.25, 0.3) is 11.1 Å². The molecule has 0 atom stereocenters. The molecule has 0 aliphatic carbocycles. The van der Waals surface area contributed by atoms with Crippen LogP contribution in [0, 0.1) is 0 Å². The Labute approximate surface area is 225 Å². The quantitative estimate of drug-likeness (QED) is 0.353. The topological polar surface area (TPSA) is 44.8 Å². The van der Waals surface area contributed by atoms with Crippen LogP contribution in [0.3, 0.4) is 0 Å². The van der Waals surface area contributed by atoms with Gasteiger partial charge in [0.2, 0.25) is 0 Å². The zero-order chi connectivity index (χ0) is 24.9. The van der Waals surface area contributed by atoms with Gasteiger partial charge in [0, 0.05) is 59.6 Å². The van der Waals surface area contributed by atoms with Gasteiger partial charge in [0.15, 0.2) is 6.61 Å². The molecule has 1 aliphatic rings. The third-order valence-corrected chi connectivity index (χ3v) is 7.14. The van der Waals surface area contributed by atoms with Gasteiger partial charge in [0.05, 0.1) is 10.0 Å². The van der Waals surface area contributed by atoms with E-state index in [9.17, 15) is 4.79 Å². The van der Waals surface area contributed by atoms with Crippen LogP contribution in [0.15, 0.2) is 54.6 Å². The lowest BCUT2D eigenvalue weighted by atomic mass is 10.0.